The molecule has 0 saturated heterocycles. The maximum absolute atomic E-state index is 2.99. The topological polar surface area (TPSA) is 9.72 Å². The van der Waals surface area contributed by atoms with Crippen molar-refractivity contribution in [2.24, 2.45) is 0 Å². The normalized spacial score (nSPS) is 19.1. The summed E-state index contributed by atoms with van der Waals surface area (Å²) in [5.41, 5.74) is 6.13. The van der Waals surface area contributed by atoms with Crippen LogP contribution in [0.25, 0.3) is 0 Å². The summed E-state index contributed by atoms with van der Waals surface area (Å²) in [4.78, 5) is 0. The molecule has 0 aromatic heterocycles. The van der Waals surface area contributed by atoms with Gasteiger partial charge >= 0.3 is 132 Å². The van der Waals surface area contributed by atoms with Gasteiger partial charge in [0, 0.05) is 0 Å². The summed E-state index contributed by atoms with van der Waals surface area (Å²) >= 11 is -2.99. The monoisotopic (exact) mass is 392 g/mol. The van der Waals surface area contributed by atoms with E-state index in [-0.39, 0.29) is 15.5 Å². The average Bonchev–Trinajstić information content (AvgIpc) is 2.45. The molecule has 0 fully saturated rings. The molecule has 0 spiro atoms. The zero-order valence-electron chi connectivity index (χ0n) is 15.7. The average molecular weight is 394 g/mol. The van der Waals surface area contributed by atoms with Gasteiger partial charge in [0.05, 0.1) is 0 Å². The molecule has 0 heterocycles. The van der Waals surface area contributed by atoms with Gasteiger partial charge < -0.3 is 12.4 Å². The molecule has 0 aromatic carbocycles. The third-order valence-corrected chi connectivity index (χ3v) is 20.1. The molecule has 1 aliphatic carbocycles. The molecule has 0 bridgehead atoms. The maximum atomic E-state index is 2.55. The van der Waals surface area contributed by atoms with E-state index in [1.54, 1.807) is 11.1 Å². The summed E-state index contributed by atoms with van der Waals surface area (Å²) in [5, 5.41) is 0. The van der Waals surface area contributed by atoms with Gasteiger partial charge in [-0.25, -0.2) is 0 Å². The molecule has 0 radical (unpaired) electrons. The molecule has 0 unspecified atom stereocenters. The van der Waals surface area contributed by atoms with Gasteiger partial charge in [0.2, 0.25) is 0 Å². The molecule has 21 heavy (non-hydrogen) atoms. The fraction of sp³-hybridized carbons (Fsp3) is 0.750. The predicted molar refractivity (Wildman–Crippen MR) is 86.2 cm³/mol. The first-order valence-corrected chi connectivity index (χ1v) is 11.9. The molecule has 1 aliphatic rings. The van der Waals surface area contributed by atoms with E-state index in [9.17, 15) is 0 Å². The molecule has 1 rings (SSSR count). The van der Waals surface area contributed by atoms with Gasteiger partial charge in [0.25, 0.3) is 0 Å². The number of rotatable bonds is 4. The van der Waals surface area contributed by atoms with Crippen LogP contribution in [0.4, 0.5) is 0 Å². The molecular formula is C16H33ClN3Zr-. The van der Waals surface area contributed by atoms with E-state index in [0.29, 0.717) is 0 Å². The summed E-state index contributed by atoms with van der Waals surface area (Å²) in [6.45, 7) is 11.7. The molecule has 5 heteroatoms. The summed E-state index contributed by atoms with van der Waals surface area (Å²) in [6, 6.07) is 0. The van der Waals surface area contributed by atoms with Crippen LogP contribution in [0, 0.1) is 0 Å². The number of nitrogens with zero attached hydrogens (tertiary/aromatic N) is 3. The Bertz CT molecular complexity index is 418. The van der Waals surface area contributed by atoms with Gasteiger partial charge in [-0.2, -0.15) is 0 Å². The molecule has 0 amide bonds. The van der Waals surface area contributed by atoms with E-state index in [2.05, 4.69) is 85.4 Å². The second-order valence-corrected chi connectivity index (χ2v) is 19.1. The van der Waals surface area contributed by atoms with E-state index >= 15 is 0 Å². The van der Waals surface area contributed by atoms with Crippen molar-refractivity contribution in [3.05, 3.63) is 22.3 Å². The smallest absolute Gasteiger partial charge is 1.00 e. The van der Waals surface area contributed by atoms with Crippen molar-refractivity contribution in [3.8, 4) is 0 Å². The summed E-state index contributed by atoms with van der Waals surface area (Å²) < 4.78 is 7.83. The maximum Gasteiger partial charge on any atom is -1.00 e. The number of allylic oxidation sites excluding steroid dienone is 4. The van der Waals surface area contributed by atoms with Crippen molar-refractivity contribution in [3.63, 3.8) is 0 Å². The van der Waals surface area contributed by atoms with Gasteiger partial charge in [-0.15, -0.1) is 0 Å². The van der Waals surface area contributed by atoms with Gasteiger partial charge in [-0.1, -0.05) is 0 Å². The van der Waals surface area contributed by atoms with Crippen LogP contribution in [0.3, 0.4) is 0 Å². The zero-order valence-corrected chi connectivity index (χ0v) is 18.9. The molecule has 0 N–H and O–H groups in total. The van der Waals surface area contributed by atoms with Crippen LogP contribution in [0.5, 0.6) is 0 Å². The molecule has 0 aromatic rings. The SMILES string of the molecule is CC1=C(C)[C](C)([Zr]([N](C)C)([N](C)C)[N](C)C)C(C)=C1C.[Cl-]. The number of hydrogen-bond donors (Lipinski definition) is 0. The Kier molecular flexibility index (Phi) is 7.14. The van der Waals surface area contributed by atoms with Crippen LogP contribution < -0.4 is 12.4 Å². The Hall–Kier alpha value is 0.533. The Morgan fingerprint density at radius 3 is 1.10 bits per heavy atom. The quantitative estimate of drug-likeness (QED) is 0.686. The fourth-order valence-corrected chi connectivity index (χ4v) is 20.5. The Morgan fingerprint density at radius 1 is 0.667 bits per heavy atom. The van der Waals surface area contributed by atoms with Crippen LogP contribution >= 0.6 is 0 Å². The second kappa shape index (κ2) is 6.97. The third kappa shape index (κ3) is 2.66. The van der Waals surface area contributed by atoms with Crippen molar-refractivity contribution in [1.29, 1.82) is 0 Å². The molecular weight excluding hydrogens is 361 g/mol. The summed E-state index contributed by atoms with van der Waals surface area (Å²) in [7, 11) is 13.6. The van der Waals surface area contributed by atoms with Crippen LogP contribution in [0.2, 0.25) is 3.12 Å². The molecule has 0 atom stereocenters. The predicted octanol–water partition coefficient (Wildman–Crippen LogP) is 0.439. The molecule has 3 nitrogen and oxygen atoms in total. The fourth-order valence-electron chi connectivity index (χ4n) is 4.64. The van der Waals surface area contributed by atoms with Gasteiger partial charge in [0.15, 0.2) is 0 Å². The Balaban J connectivity index is 0.00000400. The van der Waals surface area contributed by atoms with E-state index in [1.807, 2.05) is 0 Å². The minimum atomic E-state index is -2.99. The van der Waals surface area contributed by atoms with Crippen LogP contribution in [-0.2, 0) is 21.1 Å². The first kappa shape index (κ1) is 21.5. The molecule has 0 saturated carbocycles. The van der Waals surface area contributed by atoms with Crippen LogP contribution in [0.15, 0.2) is 22.3 Å². The Morgan fingerprint density at radius 2 is 0.905 bits per heavy atom. The summed E-state index contributed by atoms with van der Waals surface area (Å²) in [5.74, 6) is 0. The first-order valence-electron chi connectivity index (χ1n) is 7.35. The largest absolute Gasteiger partial charge is 1.00 e. The first-order chi connectivity index (χ1) is 8.97. The van der Waals surface area contributed by atoms with Crippen LogP contribution in [0.1, 0.15) is 34.6 Å². The van der Waals surface area contributed by atoms with Crippen LogP contribution in [-0.4, -0.2) is 50.8 Å². The minimum absolute atomic E-state index is 0. The van der Waals surface area contributed by atoms with E-state index in [4.69, 9.17) is 0 Å². The third-order valence-electron chi connectivity index (χ3n) is 5.73. The van der Waals surface area contributed by atoms with E-state index in [1.165, 1.54) is 11.1 Å². The number of halogens is 1. The van der Waals surface area contributed by atoms with E-state index in [0.717, 1.165) is 0 Å². The summed E-state index contributed by atoms with van der Waals surface area (Å²) in [6.07, 6.45) is 0. The molecule has 0 aliphatic heterocycles. The Labute approximate surface area is 144 Å². The molecule has 124 valence electrons. The zero-order chi connectivity index (χ0) is 16.0. The minimum Gasteiger partial charge on any atom is -1.00 e. The number of hydrogen-bond acceptors (Lipinski definition) is 3. The van der Waals surface area contributed by atoms with Gasteiger partial charge in [0.1, 0.15) is 0 Å². The van der Waals surface area contributed by atoms with E-state index < -0.39 is 21.1 Å². The second-order valence-electron chi connectivity index (χ2n) is 6.94. The standard InChI is InChI=1S/C10H15.3C2H6N.ClH.Zr/c1-6-7(2)9(4)10(5)8(6)3;3*1-3-2;;/h1-5H3;3*1-2H3;1H;/q;3*-1;;+3/p-1. The van der Waals surface area contributed by atoms with Gasteiger partial charge in [-0.3, -0.25) is 0 Å². The van der Waals surface area contributed by atoms with Gasteiger partial charge in [-0.05, 0) is 0 Å². The van der Waals surface area contributed by atoms with Crippen molar-refractivity contribution in [2.45, 2.75) is 37.7 Å². The van der Waals surface area contributed by atoms with Crippen molar-refractivity contribution >= 4 is 0 Å². The van der Waals surface area contributed by atoms with Crippen molar-refractivity contribution in [2.75, 3.05) is 42.3 Å². The van der Waals surface area contributed by atoms with Crippen molar-refractivity contribution in [1.82, 2.24) is 8.53 Å². The van der Waals surface area contributed by atoms with Crippen molar-refractivity contribution < 1.29 is 33.5 Å².